The van der Waals surface area contributed by atoms with E-state index in [1.165, 1.54) is 0 Å². The molecule has 30 heavy (non-hydrogen) atoms. The van der Waals surface area contributed by atoms with Gasteiger partial charge in [0.1, 0.15) is 6.04 Å². The number of hydrogen-bond acceptors (Lipinski definition) is 2. The zero-order chi connectivity index (χ0) is 21.5. The first-order valence-corrected chi connectivity index (χ1v) is 11.2. The summed E-state index contributed by atoms with van der Waals surface area (Å²) in [6.07, 6.45) is 5.19. The normalized spacial score (nSPS) is 15.0. The lowest BCUT2D eigenvalue weighted by Gasteiger charge is -2.31. The highest BCUT2D eigenvalue weighted by Crippen LogP contribution is 2.20. The molecule has 0 radical (unpaired) electrons. The number of halogens is 1. The molecule has 2 amide bonds. The Kier molecular flexibility index (Phi) is 7.92. The number of rotatable bonds is 8. The van der Waals surface area contributed by atoms with Crippen molar-refractivity contribution in [2.24, 2.45) is 0 Å². The second kappa shape index (κ2) is 10.6. The smallest absolute Gasteiger partial charge is 0.243 e. The number of nitrogens with zero attached hydrogens (tertiary/aromatic N) is 1. The molecule has 0 aliphatic heterocycles. The number of hydrogen-bond donors (Lipinski definition) is 1. The van der Waals surface area contributed by atoms with Crippen LogP contribution in [0.1, 0.15) is 55.7 Å². The largest absolute Gasteiger partial charge is 0.352 e. The Morgan fingerprint density at radius 2 is 1.80 bits per heavy atom. The van der Waals surface area contributed by atoms with Crippen LogP contribution in [-0.2, 0) is 22.6 Å². The molecule has 5 heteroatoms. The lowest BCUT2D eigenvalue weighted by Crippen LogP contribution is -2.51. The van der Waals surface area contributed by atoms with Crippen LogP contribution in [0.4, 0.5) is 0 Å². The van der Waals surface area contributed by atoms with Gasteiger partial charge in [-0.15, -0.1) is 0 Å². The van der Waals surface area contributed by atoms with Gasteiger partial charge in [0.25, 0.3) is 0 Å². The SMILES string of the molecule is CCC(C(=O)NC1CCCC1)N(Cc1cccc(C)c1)C(=O)Cc1ccc(Cl)cc1. The van der Waals surface area contributed by atoms with E-state index in [1.54, 1.807) is 17.0 Å². The molecule has 1 atom stereocenters. The van der Waals surface area contributed by atoms with Crippen molar-refractivity contribution in [3.63, 3.8) is 0 Å². The van der Waals surface area contributed by atoms with Gasteiger partial charge in [0.15, 0.2) is 0 Å². The molecule has 1 unspecified atom stereocenters. The van der Waals surface area contributed by atoms with Crippen LogP contribution in [0.2, 0.25) is 5.02 Å². The minimum Gasteiger partial charge on any atom is -0.352 e. The average molecular weight is 427 g/mol. The van der Waals surface area contributed by atoms with Crippen LogP contribution in [0.25, 0.3) is 0 Å². The Morgan fingerprint density at radius 1 is 1.10 bits per heavy atom. The predicted octanol–water partition coefficient (Wildman–Crippen LogP) is 5.06. The molecule has 1 fully saturated rings. The molecule has 0 bridgehead atoms. The second-order valence-electron chi connectivity index (χ2n) is 8.23. The quantitative estimate of drug-likeness (QED) is 0.641. The molecule has 1 N–H and O–H groups in total. The maximum Gasteiger partial charge on any atom is 0.243 e. The minimum absolute atomic E-state index is 0.0403. The fourth-order valence-electron chi connectivity index (χ4n) is 4.17. The van der Waals surface area contributed by atoms with E-state index >= 15 is 0 Å². The van der Waals surface area contributed by atoms with Crippen LogP contribution in [-0.4, -0.2) is 28.8 Å². The first-order valence-electron chi connectivity index (χ1n) is 10.9. The number of aryl methyl sites for hydroxylation is 1. The van der Waals surface area contributed by atoms with E-state index in [1.807, 2.05) is 44.2 Å². The van der Waals surface area contributed by atoms with E-state index in [4.69, 9.17) is 11.6 Å². The van der Waals surface area contributed by atoms with Crippen LogP contribution in [0.5, 0.6) is 0 Å². The van der Waals surface area contributed by atoms with E-state index in [0.717, 1.165) is 42.4 Å². The molecule has 3 rings (SSSR count). The third kappa shape index (κ3) is 6.09. The number of amides is 2. The average Bonchev–Trinajstić information content (AvgIpc) is 3.22. The summed E-state index contributed by atoms with van der Waals surface area (Å²) in [4.78, 5) is 28.2. The van der Waals surface area contributed by atoms with Crippen LogP contribution < -0.4 is 5.32 Å². The van der Waals surface area contributed by atoms with Crippen molar-refractivity contribution in [2.75, 3.05) is 0 Å². The van der Waals surface area contributed by atoms with E-state index < -0.39 is 6.04 Å². The van der Waals surface area contributed by atoms with Crippen molar-refractivity contribution in [3.05, 3.63) is 70.2 Å². The van der Waals surface area contributed by atoms with Gasteiger partial charge in [0.05, 0.1) is 6.42 Å². The van der Waals surface area contributed by atoms with Gasteiger partial charge in [-0.1, -0.05) is 73.3 Å². The Hall–Kier alpha value is -2.33. The number of benzene rings is 2. The Labute approximate surface area is 184 Å². The third-order valence-electron chi connectivity index (χ3n) is 5.79. The lowest BCUT2D eigenvalue weighted by atomic mass is 10.1. The fraction of sp³-hybridized carbons (Fsp3) is 0.440. The zero-order valence-corrected chi connectivity index (χ0v) is 18.6. The summed E-state index contributed by atoms with van der Waals surface area (Å²) in [6, 6.07) is 15.2. The van der Waals surface area contributed by atoms with Crippen molar-refractivity contribution in [1.82, 2.24) is 10.2 Å². The maximum absolute atomic E-state index is 13.3. The van der Waals surface area contributed by atoms with Crippen molar-refractivity contribution in [3.8, 4) is 0 Å². The summed E-state index contributed by atoms with van der Waals surface area (Å²) in [7, 11) is 0. The minimum atomic E-state index is -0.481. The summed E-state index contributed by atoms with van der Waals surface area (Å²) >= 11 is 5.98. The Bertz CT molecular complexity index is 860. The molecule has 4 nitrogen and oxygen atoms in total. The van der Waals surface area contributed by atoms with Crippen molar-refractivity contribution < 1.29 is 9.59 Å². The van der Waals surface area contributed by atoms with Crippen LogP contribution >= 0.6 is 11.6 Å². The van der Waals surface area contributed by atoms with Gasteiger partial charge in [-0.2, -0.15) is 0 Å². The summed E-state index contributed by atoms with van der Waals surface area (Å²) in [6.45, 7) is 4.43. The highest BCUT2D eigenvalue weighted by molar-refractivity contribution is 6.30. The van der Waals surface area contributed by atoms with Crippen LogP contribution in [0, 0.1) is 6.92 Å². The monoisotopic (exact) mass is 426 g/mol. The van der Waals surface area contributed by atoms with Gasteiger partial charge in [-0.3, -0.25) is 9.59 Å². The molecule has 0 aromatic heterocycles. The number of carbonyl (C=O) groups is 2. The van der Waals surface area contributed by atoms with Crippen molar-refractivity contribution in [2.45, 2.75) is 71.0 Å². The van der Waals surface area contributed by atoms with Gasteiger partial charge >= 0.3 is 0 Å². The Balaban J connectivity index is 1.81. The molecule has 0 saturated heterocycles. The number of nitrogens with one attached hydrogen (secondary N) is 1. The third-order valence-corrected chi connectivity index (χ3v) is 6.04. The van der Waals surface area contributed by atoms with Crippen LogP contribution in [0.15, 0.2) is 48.5 Å². The van der Waals surface area contributed by atoms with E-state index in [2.05, 4.69) is 11.4 Å². The molecule has 1 saturated carbocycles. The summed E-state index contributed by atoms with van der Waals surface area (Å²) in [5.74, 6) is -0.0891. The predicted molar refractivity (Wildman–Crippen MR) is 121 cm³/mol. The van der Waals surface area contributed by atoms with Gasteiger partial charge in [-0.05, 0) is 49.4 Å². The van der Waals surface area contributed by atoms with Gasteiger partial charge in [-0.25, -0.2) is 0 Å². The highest BCUT2D eigenvalue weighted by atomic mass is 35.5. The Morgan fingerprint density at radius 3 is 2.43 bits per heavy atom. The summed E-state index contributed by atoms with van der Waals surface area (Å²) in [5, 5.41) is 3.83. The first kappa shape index (κ1) is 22.4. The molecule has 1 aliphatic carbocycles. The topological polar surface area (TPSA) is 49.4 Å². The zero-order valence-electron chi connectivity index (χ0n) is 17.9. The van der Waals surface area contributed by atoms with Crippen LogP contribution in [0.3, 0.4) is 0 Å². The molecular weight excluding hydrogens is 396 g/mol. The molecular formula is C25H31ClN2O2. The second-order valence-corrected chi connectivity index (χ2v) is 8.66. The highest BCUT2D eigenvalue weighted by Gasteiger charge is 2.30. The van der Waals surface area contributed by atoms with E-state index in [0.29, 0.717) is 18.0 Å². The molecule has 2 aromatic rings. The van der Waals surface area contributed by atoms with E-state index in [9.17, 15) is 9.59 Å². The van der Waals surface area contributed by atoms with Crippen molar-refractivity contribution in [1.29, 1.82) is 0 Å². The molecule has 0 heterocycles. The first-order chi connectivity index (χ1) is 14.5. The molecule has 2 aromatic carbocycles. The molecule has 1 aliphatic rings. The number of carbonyl (C=O) groups excluding carboxylic acids is 2. The van der Waals surface area contributed by atoms with Gasteiger partial charge in [0.2, 0.25) is 11.8 Å². The van der Waals surface area contributed by atoms with E-state index in [-0.39, 0.29) is 24.3 Å². The fourth-order valence-corrected chi connectivity index (χ4v) is 4.30. The van der Waals surface area contributed by atoms with Gasteiger partial charge < -0.3 is 10.2 Å². The lowest BCUT2D eigenvalue weighted by molar-refractivity contribution is -0.141. The van der Waals surface area contributed by atoms with Crippen molar-refractivity contribution >= 4 is 23.4 Å². The summed E-state index contributed by atoms with van der Waals surface area (Å²) < 4.78 is 0. The molecule has 0 spiro atoms. The molecule has 160 valence electrons. The van der Waals surface area contributed by atoms with Gasteiger partial charge in [0, 0.05) is 17.6 Å². The summed E-state index contributed by atoms with van der Waals surface area (Å²) in [5.41, 5.74) is 3.07. The standard InChI is InChI=1S/C25H31ClN2O2/c1-3-23(25(30)27-22-9-4-5-10-22)28(17-20-8-6-7-18(2)15-20)24(29)16-19-11-13-21(26)14-12-19/h6-8,11-15,22-23H,3-5,9-10,16-17H2,1-2H3,(H,27,30). The maximum atomic E-state index is 13.3.